The summed E-state index contributed by atoms with van der Waals surface area (Å²) >= 11 is 3.22. The number of nitrogens with zero attached hydrogens (tertiary/aromatic N) is 2. The lowest BCUT2D eigenvalue weighted by molar-refractivity contribution is 0.0743. The summed E-state index contributed by atoms with van der Waals surface area (Å²) in [5.74, 6) is 0.986. The second-order valence-corrected chi connectivity index (χ2v) is 7.10. The smallest absolute Gasteiger partial charge is 0.273 e. The third-order valence-electron chi connectivity index (χ3n) is 2.45. The molecule has 0 saturated carbocycles. The number of amides is 1. The molecule has 1 aromatic rings. The van der Waals surface area contributed by atoms with E-state index in [1.807, 2.05) is 16.7 Å². The zero-order chi connectivity index (χ0) is 11.8. The average Bonchev–Trinajstić information content (AvgIpc) is 2.62. The summed E-state index contributed by atoms with van der Waals surface area (Å²) in [6.45, 7) is 5.89. The van der Waals surface area contributed by atoms with Gasteiger partial charge in [0.05, 0.1) is 0 Å². The molecular weight excluding hydrogens is 242 g/mol. The van der Waals surface area contributed by atoms with Gasteiger partial charge in [-0.3, -0.25) is 4.79 Å². The Labute approximate surface area is 103 Å². The number of rotatable bonds is 1. The molecule has 1 aliphatic rings. The molecule has 2 rings (SSSR count). The average molecular weight is 257 g/mol. The van der Waals surface area contributed by atoms with Crippen molar-refractivity contribution in [3.05, 3.63) is 11.1 Å². The van der Waals surface area contributed by atoms with Crippen LogP contribution in [0.25, 0.3) is 0 Å². The van der Waals surface area contributed by atoms with Crippen LogP contribution in [0.15, 0.2) is 5.38 Å². The van der Waals surface area contributed by atoms with Gasteiger partial charge in [0.2, 0.25) is 0 Å². The van der Waals surface area contributed by atoms with Gasteiger partial charge in [-0.1, -0.05) is 0 Å². The van der Waals surface area contributed by atoms with Crippen LogP contribution in [-0.4, -0.2) is 39.4 Å². The van der Waals surface area contributed by atoms with E-state index in [1.54, 1.807) is 5.38 Å². The predicted molar refractivity (Wildman–Crippen MR) is 69.0 cm³/mol. The van der Waals surface area contributed by atoms with Crippen LogP contribution in [-0.2, 0) is 0 Å². The van der Waals surface area contributed by atoms with Gasteiger partial charge in [-0.05, 0) is 13.8 Å². The third-order valence-corrected chi connectivity index (χ3v) is 4.43. The van der Waals surface area contributed by atoms with Gasteiger partial charge in [-0.2, -0.15) is 11.8 Å². The number of carbonyl (C=O) groups excluding carboxylic acids is 1. The molecule has 0 aromatic carbocycles. The predicted octanol–water partition coefficient (Wildman–Crippen LogP) is 1.69. The number of nitrogens with two attached hydrogens (primary N) is 1. The number of anilines is 1. The molecule has 0 atom stereocenters. The molecule has 0 radical (unpaired) electrons. The van der Waals surface area contributed by atoms with E-state index in [4.69, 9.17) is 5.73 Å². The lowest BCUT2D eigenvalue weighted by Crippen LogP contribution is -2.46. The van der Waals surface area contributed by atoms with E-state index in [9.17, 15) is 4.79 Å². The Morgan fingerprint density at radius 2 is 2.38 bits per heavy atom. The third kappa shape index (κ3) is 2.49. The van der Waals surface area contributed by atoms with Crippen LogP contribution < -0.4 is 5.73 Å². The molecule has 1 aromatic heterocycles. The number of thioether (sulfide) groups is 1. The largest absolute Gasteiger partial charge is 0.375 e. The van der Waals surface area contributed by atoms with Crippen molar-refractivity contribution in [1.82, 2.24) is 9.88 Å². The quantitative estimate of drug-likeness (QED) is 0.832. The molecule has 0 bridgehead atoms. The zero-order valence-corrected chi connectivity index (χ0v) is 11.0. The van der Waals surface area contributed by atoms with Crippen molar-refractivity contribution >= 4 is 34.1 Å². The first kappa shape index (κ1) is 11.7. The Kier molecular flexibility index (Phi) is 3.12. The molecule has 2 N–H and O–H groups in total. The first-order valence-corrected chi connectivity index (χ1v) is 6.99. The maximum atomic E-state index is 12.1. The van der Waals surface area contributed by atoms with Gasteiger partial charge in [-0.25, -0.2) is 4.98 Å². The van der Waals surface area contributed by atoms with Gasteiger partial charge in [0.1, 0.15) is 5.69 Å². The lowest BCUT2D eigenvalue weighted by atomic mass is 10.2. The van der Waals surface area contributed by atoms with E-state index in [1.165, 1.54) is 11.3 Å². The lowest BCUT2D eigenvalue weighted by Gasteiger charge is -2.37. The molecule has 1 fully saturated rings. The number of aromatic nitrogens is 1. The minimum atomic E-state index is 0.00123. The van der Waals surface area contributed by atoms with Crippen LogP contribution in [0, 0.1) is 0 Å². The molecule has 4 nitrogen and oxygen atoms in total. The number of hydrogen-bond donors (Lipinski definition) is 1. The van der Waals surface area contributed by atoms with Crippen molar-refractivity contribution in [2.75, 3.05) is 24.6 Å². The second kappa shape index (κ2) is 4.25. The minimum absolute atomic E-state index is 0.00123. The van der Waals surface area contributed by atoms with Crippen LogP contribution in [0.3, 0.4) is 0 Å². The van der Waals surface area contributed by atoms with Crippen LogP contribution in [0.2, 0.25) is 0 Å². The van der Waals surface area contributed by atoms with E-state index in [0.717, 1.165) is 18.8 Å². The van der Waals surface area contributed by atoms with Crippen LogP contribution in [0.5, 0.6) is 0 Å². The van der Waals surface area contributed by atoms with Crippen LogP contribution >= 0.6 is 23.1 Å². The highest BCUT2D eigenvalue weighted by Crippen LogP contribution is 2.30. The number of hydrogen-bond acceptors (Lipinski definition) is 5. The Hall–Kier alpha value is -0.750. The molecule has 1 saturated heterocycles. The van der Waals surface area contributed by atoms with Gasteiger partial charge < -0.3 is 10.6 Å². The SMILES string of the molecule is CC1(C)CN(C(=O)c2csc(N)n2)CCS1. The monoisotopic (exact) mass is 257 g/mol. The number of thiazole rings is 1. The van der Waals surface area contributed by atoms with Gasteiger partial charge in [0.15, 0.2) is 5.13 Å². The summed E-state index contributed by atoms with van der Waals surface area (Å²) in [4.78, 5) is 18.0. The van der Waals surface area contributed by atoms with Crippen molar-refractivity contribution in [1.29, 1.82) is 0 Å². The highest BCUT2D eigenvalue weighted by molar-refractivity contribution is 8.00. The van der Waals surface area contributed by atoms with Crippen molar-refractivity contribution in [2.45, 2.75) is 18.6 Å². The standard InChI is InChI=1S/C10H15N3OS2/c1-10(2)6-13(3-4-16-10)8(14)7-5-15-9(11)12-7/h5H,3-4,6H2,1-2H3,(H2,11,12). The summed E-state index contributed by atoms with van der Waals surface area (Å²) in [5, 5.41) is 2.18. The van der Waals surface area contributed by atoms with E-state index in [2.05, 4.69) is 18.8 Å². The second-order valence-electron chi connectivity index (χ2n) is 4.41. The molecule has 88 valence electrons. The summed E-state index contributed by atoms with van der Waals surface area (Å²) in [5.41, 5.74) is 6.01. The summed E-state index contributed by atoms with van der Waals surface area (Å²) in [6.07, 6.45) is 0. The van der Waals surface area contributed by atoms with Gasteiger partial charge in [0, 0.05) is 29.0 Å². The maximum absolute atomic E-state index is 12.1. The first-order chi connectivity index (χ1) is 7.48. The Morgan fingerprint density at radius 3 is 2.94 bits per heavy atom. The van der Waals surface area contributed by atoms with Crippen LogP contribution in [0.4, 0.5) is 5.13 Å². The number of carbonyl (C=O) groups is 1. The molecular formula is C10H15N3OS2. The van der Waals surface area contributed by atoms with Gasteiger partial charge >= 0.3 is 0 Å². The highest BCUT2D eigenvalue weighted by Gasteiger charge is 2.30. The summed E-state index contributed by atoms with van der Waals surface area (Å²) in [7, 11) is 0. The first-order valence-electron chi connectivity index (χ1n) is 5.12. The fourth-order valence-electron chi connectivity index (χ4n) is 1.74. The Balaban J connectivity index is 2.10. The molecule has 1 amide bonds. The van der Waals surface area contributed by atoms with E-state index >= 15 is 0 Å². The molecule has 0 unspecified atom stereocenters. The van der Waals surface area contributed by atoms with E-state index in [0.29, 0.717) is 10.8 Å². The zero-order valence-electron chi connectivity index (χ0n) is 9.40. The maximum Gasteiger partial charge on any atom is 0.273 e. The van der Waals surface area contributed by atoms with Crippen molar-refractivity contribution in [3.8, 4) is 0 Å². The van der Waals surface area contributed by atoms with Crippen molar-refractivity contribution in [3.63, 3.8) is 0 Å². The summed E-state index contributed by atoms with van der Waals surface area (Å²) < 4.78 is 0.134. The van der Waals surface area contributed by atoms with E-state index < -0.39 is 0 Å². The minimum Gasteiger partial charge on any atom is -0.375 e. The fraction of sp³-hybridized carbons (Fsp3) is 0.600. The van der Waals surface area contributed by atoms with Crippen LogP contribution in [0.1, 0.15) is 24.3 Å². The molecule has 0 aliphatic carbocycles. The normalized spacial score (nSPS) is 19.8. The van der Waals surface area contributed by atoms with Crippen molar-refractivity contribution < 1.29 is 4.79 Å². The highest BCUT2D eigenvalue weighted by atomic mass is 32.2. The molecule has 6 heteroatoms. The molecule has 0 spiro atoms. The topological polar surface area (TPSA) is 59.2 Å². The Morgan fingerprint density at radius 1 is 1.62 bits per heavy atom. The fourth-order valence-corrected chi connectivity index (χ4v) is 3.39. The molecule has 2 heterocycles. The summed E-state index contributed by atoms with van der Waals surface area (Å²) in [6, 6.07) is 0. The Bertz CT molecular complexity index is 403. The van der Waals surface area contributed by atoms with Gasteiger partial charge in [-0.15, -0.1) is 11.3 Å². The molecule has 16 heavy (non-hydrogen) atoms. The number of nitrogen functional groups attached to an aromatic ring is 1. The molecule has 1 aliphatic heterocycles. The van der Waals surface area contributed by atoms with Gasteiger partial charge in [0.25, 0.3) is 5.91 Å². The van der Waals surface area contributed by atoms with E-state index in [-0.39, 0.29) is 10.7 Å². The van der Waals surface area contributed by atoms with Crippen molar-refractivity contribution in [2.24, 2.45) is 0 Å².